The first-order valence-electron chi connectivity index (χ1n) is 10.8. The molecule has 3 aliphatic rings. The lowest BCUT2D eigenvalue weighted by atomic mass is 9.85. The molecule has 1 aliphatic carbocycles. The topological polar surface area (TPSA) is 70.1 Å². The van der Waals surface area contributed by atoms with E-state index in [4.69, 9.17) is 23.8 Å². The number of rotatable bonds is 3. The molecule has 0 radical (unpaired) electrons. The van der Waals surface area contributed by atoms with Crippen LogP contribution >= 0.6 is 11.3 Å². The summed E-state index contributed by atoms with van der Waals surface area (Å²) in [5, 5.41) is 0.868. The number of carbonyl (C=O) groups is 1. The van der Waals surface area contributed by atoms with Gasteiger partial charge in [0.2, 0.25) is 0 Å². The highest BCUT2D eigenvalue weighted by atomic mass is 32.1. The van der Waals surface area contributed by atoms with E-state index in [9.17, 15) is 4.79 Å². The minimum Gasteiger partial charge on any atom is -0.444 e. The van der Waals surface area contributed by atoms with E-state index in [0.717, 1.165) is 28.3 Å². The summed E-state index contributed by atoms with van der Waals surface area (Å²) in [6.45, 7) is 15.3. The fourth-order valence-electron chi connectivity index (χ4n) is 3.62. The van der Waals surface area contributed by atoms with Crippen LogP contribution in [0.4, 0.5) is 4.79 Å². The Morgan fingerprint density at radius 1 is 1.20 bits per heavy atom. The highest BCUT2D eigenvalue weighted by molar-refractivity contribution is 7.22. The first kappa shape index (κ1) is 22.1. The number of hydrogen-bond donors (Lipinski definition) is 0. The van der Waals surface area contributed by atoms with Crippen molar-refractivity contribution in [3.63, 3.8) is 0 Å². The van der Waals surface area contributed by atoms with Gasteiger partial charge in [-0.3, -0.25) is 4.90 Å². The van der Waals surface area contributed by atoms with Crippen molar-refractivity contribution in [1.82, 2.24) is 9.88 Å². The summed E-state index contributed by atoms with van der Waals surface area (Å²) in [5.74, 6) is 0.448. The molecule has 166 valence electrons. The van der Waals surface area contributed by atoms with E-state index >= 15 is 0 Å². The van der Waals surface area contributed by atoms with Gasteiger partial charge in [0.1, 0.15) is 16.7 Å². The number of amides is 1. The number of morpholine rings is 1. The van der Waals surface area contributed by atoms with Crippen LogP contribution in [-0.2, 0) is 18.8 Å². The number of nitrogens with zero attached hydrogens (tertiary/aromatic N) is 2. The number of hydrogen-bond acceptors (Lipinski definition) is 7. The van der Waals surface area contributed by atoms with Crippen molar-refractivity contribution in [3.8, 4) is 0 Å². The molecule has 1 unspecified atom stereocenters. The maximum atomic E-state index is 12.8. The summed E-state index contributed by atoms with van der Waals surface area (Å²) < 4.78 is 25.0. The maximum Gasteiger partial charge on any atom is 0.507 e. The van der Waals surface area contributed by atoms with Crippen molar-refractivity contribution in [2.45, 2.75) is 90.1 Å². The van der Waals surface area contributed by atoms with Gasteiger partial charge in [0.15, 0.2) is 0 Å². The predicted octanol–water partition coefficient (Wildman–Crippen LogP) is 3.63. The van der Waals surface area contributed by atoms with Crippen molar-refractivity contribution in [2.75, 3.05) is 19.8 Å². The summed E-state index contributed by atoms with van der Waals surface area (Å²) in [7, 11) is -0.434. The van der Waals surface area contributed by atoms with Crippen LogP contribution in [0.25, 0.3) is 0 Å². The fraction of sp³-hybridized carbons (Fsp3) is 0.810. The number of thiazole rings is 1. The Kier molecular flexibility index (Phi) is 5.49. The molecule has 3 heterocycles. The quantitative estimate of drug-likeness (QED) is 0.674. The summed E-state index contributed by atoms with van der Waals surface area (Å²) in [5.41, 5.74) is -0.295. The Balaban J connectivity index is 1.63. The summed E-state index contributed by atoms with van der Waals surface area (Å²) in [6, 6.07) is -0.257. The zero-order valence-electron chi connectivity index (χ0n) is 19.1. The minimum atomic E-state index is -0.546. The zero-order chi connectivity index (χ0) is 21.9. The highest BCUT2D eigenvalue weighted by Gasteiger charge is 2.54. The lowest BCUT2D eigenvalue weighted by molar-refractivity contribution is -0.0331. The molecular weight excluding hydrogens is 403 g/mol. The van der Waals surface area contributed by atoms with Gasteiger partial charge >= 0.3 is 13.2 Å². The van der Waals surface area contributed by atoms with Gasteiger partial charge in [0, 0.05) is 12.5 Å². The normalized spacial score (nSPS) is 26.2. The second-order valence-electron chi connectivity index (χ2n) is 10.4. The van der Waals surface area contributed by atoms with Crippen LogP contribution in [0, 0.1) is 0 Å². The highest BCUT2D eigenvalue weighted by Crippen LogP contribution is 2.43. The van der Waals surface area contributed by atoms with Crippen LogP contribution in [0.5, 0.6) is 0 Å². The van der Waals surface area contributed by atoms with Crippen LogP contribution in [0.2, 0.25) is 0 Å². The average molecular weight is 436 g/mol. The van der Waals surface area contributed by atoms with Crippen LogP contribution in [0.15, 0.2) is 0 Å². The predicted molar refractivity (Wildman–Crippen MR) is 116 cm³/mol. The summed E-state index contributed by atoms with van der Waals surface area (Å²) in [4.78, 5) is 19.6. The largest absolute Gasteiger partial charge is 0.507 e. The number of ether oxygens (including phenoxy) is 2. The van der Waals surface area contributed by atoms with Crippen molar-refractivity contribution < 1.29 is 23.6 Å². The van der Waals surface area contributed by atoms with Gasteiger partial charge in [0.05, 0.1) is 34.9 Å². The fourth-order valence-corrected chi connectivity index (χ4v) is 4.83. The molecule has 0 aromatic carbocycles. The molecular formula is C21H33BN2O5S. The molecule has 2 aliphatic heterocycles. The third-order valence-electron chi connectivity index (χ3n) is 6.17. The van der Waals surface area contributed by atoms with Crippen molar-refractivity contribution in [3.05, 3.63) is 10.7 Å². The van der Waals surface area contributed by atoms with Crippen LogP contribution in [0.3, 0.4) is 0 Å². The molecule has 1 atom stereocenters. The SMILES string of the molecule is CC(C)(C)OC(=O)N1CCOCC1c1nc(C2CC2)c(B2OC(C)(C)C(C)(C)O2)s1. The number of aromatic nitrogens is 1. The molecule has 3 fully saturated rings. The van der Waals surface area contributed by atoms with E-state index in [1.807, 2.05) is 20.8 Å². The van der Waals surface area contributed by atoms with E-state index in [1.165, 1.54) is 0 Å². The Morgan fingerprint density at radius 3 is 2.40 bits per heavy atom. The van der Waals surface area contributed by atoms with Gasteiger partial charge < -0.3 is 18.8 Å². The van der Waals surface area contributed by atoms with E-state index in [0.29, 0.717) is 25.7 Å². The smallest absolute Gasteiger partial charge is 0.444 e. The van der Waals surface area contributed by atoms with Crippen LogP contribution in [-0.4, -0.2) is 59.7 Å². The van der Waals surface area contributed by atoms with Gasteiger partial charge in [0.25, 0.3) is 0 Å². The molecule has 4 rings (SSSR count). The lowest BCUT2D eigenvalue weighted by Crippen LogP contribution is -2.45. The first-order chi connectivity index (χ1) is 13.9. The molecule has 0 spiro atoms. The first-order valence-corrected chi connectivity index (χ1v) is 11.6. The molecule has 30 heavy (non-hydrogen) atoms. The Hall–Kier alpha value is -1.16. The second kappa shape index (κ2) is 7.47. The third kappa shape index (κ3) is 4.26. The molecule has 1 aromatic rings. The summed E-state index contributed by atoms with van der Waals surface area (Å²) >= 11 is 1.58. The lowest BCUT2D eigenvalue weighted by Gasteiger charge is -2.35. The minimum absolute atomic E-state index is 0.257. The van der Waals surface area contributed by atoms with E-state index in [1.54, 1.807) is 16.2 Å². The van der Waals surface area contributed by atoms with Crippen molar-refractivity contribution >= 4 is 29.3 Å². The maximum absolute atomic E-state index is 12.8. The van der Waals surface area contributed by atoms with Gasteiger partial charge in [-0.05, 0) is 61.3 Å². The average Bonchev–Trinajstić information content (AvgIpc) is 3.32. The molecule has 1 amide bonds. The van der Waals surface area contributed by atoms with Gasteiger partial charge in [-0.2, -0.15) is 0 Å². The Bertz CT molecular complexity index is 799. The summed E-state index contributed by atoms with van der Waals surface area (Å²) in [6.07, 6.45) is 1.94. The van der Waals surface area contributed by atoms with Crippen molar-refractivity contribution in [1.29, 1.82) is 0 Å². The second-order valence-corrected chi connectivity index (χ2v) is 11.5. The van der Waals surface area contributed by atoms with Gasteiger partial charge in [-0.25, -0.2) is 9.78 Å². The molecule has 2 saturated heterocycles. The molecule has 7 nitrogen and oxygen atoms in total. The molecule has 0 bridgehead atoms. The molecule has 1 saturated carbocycles. The Morgan fingerprint density at radius 2 is 1.83 bits per heavy atom. The van der Waals surface area contributed by atoms with Crippen LogP contribution in [0.1, 0.15) is 84.0 Å². The molecule has 0 N–H and O–H groups in total. The van der Waals surface area contributed by atoms with Crippen molar-refractivity contribution in [2.24, 2.45) is 0 Å². The van der Waals surface area contributed by atoms with E-state index < -0.39 is 23.9 Å². The van der Waals surface area contributed by atoms with Crippen LogP contribution < -0.4 is 4.78 Å². The van der Waals surface area contributed by atoms with Gasteiger partial charge in [-0.1, -0.05) is 0 Å². The Labute approximate surface area is 183 Å². The molecule has 1 aromatic heterocycles. The zero-order valence-corrected chi connectivity index (χ0v) is 19.9. The standard InChI is InChI=1S/C21H33BN2O5S/c1-19(2,3)27-18(25)24-10-11-26-12-14(24)17-23-15(13-8-9-13)16(30-17)22-28-20(4,5)21(6,7)29-22/h13-14H,8-12H2,1-7H3. The third-order valence-corrected chi connectivity index (χ3v) is 7.36. The molecule has 9 heteroatoms. The number of carbonyl (C=O) groups excluding carboxylic acids is 1. The monoisotopic (exact) mass is 436 g/mol. The van der Waals surface area contributed by atoms with E-state index in [2.05, 4.69) is 27.7 Å². The van der Waals surface area contributed by atoms with E-state index in [-0.39, 0.29) is 12.1 Å². The van der Waals surface area contributed by atoms with Gasteiger partial charge in [-0.15, -0.1) is 11.3 Å².